The molecule has 0 radical (unpaired) electrons. The molecule has 4 rings (SSSR count). The molecule has 0 amide bonds. The van der Waals surface area contributed by atoms with Gasteiger partial charge in [0.1, 0.15) is 5.52 Å². The van der Waals surface area contributed by atoms with Crippen molar-refractivity contribution >= 4 is 11.3 Å². The third kappa shape index (κ3) is 1.89. The van der Waals surface area contributed by atoms with E-state index in [9.17, 15) is 5.11 Å². The van der Waals surface area contributed by atoms with Crippen LogP contribution >= 0.6 is 0 Å². The van der Waals surface area contributed by atoms with Crippen LogP contribution in [-0.2, 0) is 0 Å². The molecule has 0 aromatic carbocycles. The number of hydrogen-bond acceptors (Lipinski definition) is 4. The average Bonchev–Trinajstić information content (AvgIpc) is 3.03. The van der Waals surface area contributed by atoms with Gasteiger partial charge in [0.2, 0.25) is 0 Å². The number of hydrogen-bond donors (Lipinski definition) is 1. The summed E-state index contributed by atoms with van der Waals surface area (Å²) in [4.78, 5) is 6.81. The van der Waals surface area contributed by atoms with Crippen molar-refractivity contribution in [2.75, 3.05) is 24.6 Å². The normalized spacial score (nSPS) is 23.4. The molecular weight excluding hydrogens is 240 g/mol. The van der Waals surface area contributed by atoms with Crippen LogP contribution in [0.2, 0.25) is 0 Å². The summed E-state index contributed by atoms with van der Waals surface area (Å²) in [5.41, 5.74) is 2.30. The van der Waals surface area contributed by atoms with Gasteiger partial charge in [-0.2, -0.15) is 5.10 Å². The summed E-state index contributed by atoms with van der Waals surface area (Å²) < 4.78 is 1.95. The van der Waals surface area contributed by atoms with E-state index >= 15 is 0 Å². The van der Waals surface area contributed by atoms with Gasteiger partial charge in [-0.15, -0.1) is 0 Å². The molecule has 1 unspecified atom stereocenters. The third-order valence-corrected chi connectivity index (χ3v) is 4.23. The number of anilines is 1. The summed E-state index contributed by atoms with van der Waals surface area (Å²) in [6.45, 7) is 2.14. The van der Waals surface area contributed by atoms with Crippen LogP contribution in [0.3, 0.4) is 0 Å². The second kappa shape index (κ2) is 4.20. The van der Waals surface area contributed by atoms with Crippen LogP contribution in [0.4, 0.5) is 5.82 Å². The van der Waals surface area contributed by atoms with Crippen LogP contribution in [-0.4, -0.2) is 39.4 Å². The van der Waals surface area contributed by atoms with Crippen molar-refractivity contribution in [2.45, 2.75) is 25.2 Å². The Morgan fingerprint density at radius 1 is 1.32 bits per heavy atom. The molecule has 1 saturated heterocycles. The average molecular weight is 258 g/mol. The first-order valence-electron chi connectivity index (χ1n) is 7.05. The molecule has 2 aliphatic rings. The van der Waals surface area contributed by atoms with Crippen molar-refractivity contribution in [3.05, 3.63) is 24.2 Å². The first-order chi connectivity index (χ1) is 9.35. The van der Waals surface area contributed by atoms with E-state index in [4.69, 9.17) is 0 Å². The number of nitrogens with zero attached hydrogens (tertiary/aromatic N) is 4. The first-order valence-corrected chi connectivity index (χ1v) is 7.05. The van der Waals surface area contributed by atoms with Crippen molar-refractivity contribution in [3.8, 4) is 0 Å². The van der Waals surface area contributed by atoms with E-state index in [0.29, 0.717) is 11.8 Å². The summed E-state index contributed by atoms with van der Waals surface area (Å²) in [6, 6.07) is 2.19. The lowest BCUT2D eigenvalue weighted by Gasteiger charge is -2.17. The zero-order valence-corrected chi connectivity index (χ0v) is 10.9. The fourth-order valence-electron chi connectivity index (χ4n) is 2.92. The predicted octanol–water partition coefficient (Wildman–Crippen LogP) is 1.43. The topological polar surface area (TPSA) is 53.7 Å². The maximum Gasteiger partial charge on any atom is 0.154 e. The predicted molar refractivity (Wildman–Crippen MR) is 72.4 cm³/mol. The molecule has 3 heterocycles. The Morgan fingerprint density at radius 3 is 2.95 bits per heavy atom. The van der Waals surface area contributed by atoms with Crippen molar-refractivity contribution in [2.24, 2.45) is 5.92 Å². The second-order valence-corrected chi connectivity index (χ2v) is 5.71. The van der Waals surface area contributed by atoms with E-state index in [1.54, 1.807) is 0 Å². The fourth-order valence-corrected chi connectivity index (χ4v) is 2.92. The van der Waals surface area contributed by atoms with Gasteiger partial charge in [0, 0.05) is 43.9 Å². The van der Waals surface area contributed by atoms with Gasteiger partial charge in [-0.05, 0) is 25.3 Å². The molecule has 1 aliphatic heterocycles. The van der Waals surface area contributed by atoms with Gasteiger partial charge in [0.25, 0.3) is 0 Å². The summed E-state index contributed by atoms with van der Waals surface area (Å²) in [5, 5.41) is 13.9. The summed E-state index contributed by atoms with van der Waals surface area (Å²) in [5.74, 6) is 2.06. The number of aromatic nitrogens is 3. The van der Waals surface area contributed by atoms with Crippen LogP contribution in [0.25, 0.3) is 5.52 Å². The van der Waals surface area contributed by atoms with Crippen molar-refractivity contribution in [3.63, 3.8) is 0 Å². The molecule has 0 spiro atoms. The lowest BCUT2D eigenvalue weighted by molar-refractivity contribution is 0.238. The highest BCUT2D eigenvalue weighted by atomic mass is 16.3. The number of aliphatic hydroxyl groups is 1. The van der Waals surface area contributed by atoms with Crippen molar-refractivity contribution < 1.29 is 5.11 Å². The Bertz CT molecular complexity index is 605. The van der Waals surface area contributed by atoms with Crippen LogP contribution in [0.5, 0.6) is 0 Å². The van der Waals surface area contributed by atoms with E-state index in [1.165, 1.54) is 18.5 Å². The minimum Gasteiger partial charge on any atom is -0.396 e. The summed E-state index contributed by atoms with van der Waals surface area (Å²) in [7, 11) is 0. The van der Waals surface area contributed by atoms with Gasteiger partial charge < -0.3 is 10.0 Å². The maximum atomic E-state index is 9.26. The van der Waals surface area contributed by atoms with Gasteiger partial charge in [-0.3, -0.25) is 0 Å². The molecule has 2 aromatic rings. The quantitative estimate of drug-likeness (QED) is 0.904. The van der Waals surface area contributed by atoms with Crippen LogP contribution < -0.4 is 4.90 Å². The Kier molecular flexibility index (Phi) is 2.48. The van der Waals surface area contributed by atoms with Gasteiger partial charge >= 0.3 is 0 Å². The monoisotopic (exact) mass is 258 g/mol. The Hall–Kier alpha value is -1.62. The molecule has 5 heteroatoms. The molecule has 0 bridgehead atoms. The highest BCUT2D eigenvalue weighted by molar-refractivity contribution is 5.69. The van der Waals surface area contributed by atoms with E-state index < -0.39 is 0 Å². The van der Waals surface area contributed by atoms with Crippen LogP contribution in [0, 0.1) is 5.92 Å². The Morgan fingerprint density at radius 2 is 2.21 bits per heavy atom. The van der Waals surface area contributed by atoms with Crippen LogP contribution in [0.15, 0.2) is 18.5 Å². The molecule has 100 valence electrons. The number of aliphatic hydroxyl groups excluding tert-OH is 1. The van der Waals surface area contributed by atoms with Gasteiger partial charge in [0.15, 0.2) is 5.82 Å². The maximum absolute atomic E-state index is 9.26. The molecule has 1 atom stereocenters. The molecule has 1 aliphatic carbocycles. The molecular formula is C14H18N4O. The lowest BCUT2D eigenvalue weighted by atomic mass is 10.1. The Labute approximate surface area is 111 Å². The SMILES string of the molecule is OCC1CCN(c2nccn3nc(C4CC4)cc23)C1. The Balaban J connectivity index is 1.72. The molecule has 1 saturated carbocycles. The molecule has 2 fully saturated rings. The zero-order chi connectivity index (χ0) is 12.8. The molecule has 5 nitrogen and oxygen atoms in total. The van der Waals surface area contributed by atoms with Crippen molar-refractivity contribution in [1.29, 1.82) is 0 Å². The fraction of sp³-hybridized carbons (Fsp3) is 0.571. The minimum absolute atomic E-state index is 0.270. The molecule has 1 N–H and O–H groups in total. The van der Waals surface area contributed by atoms with Gasteiger partial charge in [-0.1, -0.05) is 0 Å². The smallest absolute Gasteiger partial charge is 0.154 e. The highest BCUT2D eigenvalue weighted by Crippen LogP contribution is 2.40. The minimum atomic E-state index is 0.270. The second-order valence-electron chi connectivity index (χ2n) is 5.71. The van der Waals surface area contributed by atoms with E-state index in [-0.39, 0.29) is 6.61 Å². The number of rotatable bonds is 3. The van der Waals surface area contributed by atoms with E-state index in [0.717, 1.165) is 30.8 Å². The zero-order valence-electron chi connectivity index (χ0n) is 10.9. The summed E-state index contributed by atoms with van der Waals surface area (Å²) >= 11 is 0. The first kappa shape index (κ1) is 11.2. The van der Waals surface area contributed by atoms with Gasteiger partial charge in [0.05, 0.1) is 5.69 Å². The van der Waals surface area contributed by atoms with Crippen LogP contribution in [0.1, 0.15) is 30.9 Å². The van der Waals surface area contributed by atoms with Crippen molar-refractivity contribution in [1.82, 2.24) is 14.6 Å². The standard InChI is InChI=1S/C14H18N4O/c19-9-10-3-5-17(8-10)14-13-7-12(11-1-2-11)16-18(13)6-4-15-14/h4,6-7,10-11,19H,1-3,5,8-9H2. The lowest BCUT2D eigenvalue weighted by Crippen LogP contribution is -2.22. The molecule has 2 aromatic heterocycles. The third-order valence-electron chi connectivity index (χ3n) is 4.23. The van der Waals surface area contributed by atoms with E-state index in [2.05, 4.69) is 21.0 Å². The molecule has 19 heavy (non-hydrogen) atoms. The summed E-state index contributed by atoms with van der Waals surface area (Å²) in [6.07, 6.45) is 7.32. The van der Waals surface area contributed by atoms with Gasteiger partial charge in [-0.25, -0.2) is 9.50 Å². The van der Waals surface area contributed by atoms with E-state index in [1.807, 2.05) is 16.9 Å². The number of fused-ring (bicyclic) bond motifs is 1. The highest BCUT2D eigenvalue weighted by Gasteiger charge is 2.28. The largest absolute Gasteiger partial charge is 0.396 e.